The molecule has 2 aromatic heterocycles. The predicted octanol–water partition coefficient (Wildman–Crippen LogP) is 4.97. The second kappa shape index (κ2) is 8.89. The van der Waals surface area contributed by atoms with Gasteiger partial charge in [0, 0.05) is 23.9 Å². The Balaban J connectivity index is 1.37. The van der Waals surface area contributed by atoms with Crippen LogP contribution < -0.4 is 14.2 Å². The lowest BCUT2D eigenvalue weighted by Gasteiger charge is -2.10. The first kappa shape index (κ1) is 20.3. The van der Waals surface area contributed by atoms with Crippen LogP contribution in [0.5, 0.6) is 11.5 Å². The minimum atomic E-state index is 0.562. The van der Waals surface area contributed by atoms with Gasteiger partial charge in [0.05, 0.1) is 25.7 Å². The van der Waals surface area contributed by atoms with E-state index in [1.54, 1.807) is 20.4 Å². The average Bonchev–Trinajstić information content (AvgIpc) is 3.34. The molecule has 162 valence electrons. The van der Waals surface area contributed by atoms with Crippen molar-refractivity contribution < 1.29 is 14.0 Å². The molecule has 2 heterocycles. The van der Waals surface area contributed by atoms with Crippen LogP contribution in [0.4, 0.5) is 5.82 Å². The van der Waals surface area contributed by atoms with E-state index in [0.29, 0.717) is 29.6 Å². The fraction of sp³-hybridized carbons (Fsp3) is 0.250. The highest BCUT2D eigenvalue weighted by Gasteiger charge is 2.18. The van der Waals surface area contributed by atoms with E-state index >= 15 is 0 Å². The van der Waals surface area contributed by atoms with Gasteiger partial charge in [-0.25, -0.2) is 0 Å². The van der Waals surface area contributed by atoms with Crippen LogP contribution in [0.3, 0.4) is 0 Å². The monoisotopic (exact) mass is 446 g/mol. The van der Waals surface area contributed by atoms with E-state index in [4.69, 9.17) is 14.0 Å². The number of hydrogen-bond acceptors (Lipinski definition) is 7. The van der Waals surface area contributed by atoms with Gasteiger partial charge in [0.25, 0.3) is 0 Å². The lowest BCUT2D eigenvalue weighted by Crippen LogP contribution is -2.00. The van der Waals surface area contributed by atoms with Crippen LogP contribution in [0.1, 0.15) is 24.0 Å². The first-order valence-corrected chi connectivity index (χ1v) is 11.1. The molecule has 8 heteroatoms. The molecule has 32 heavy (non-hydrogen) atoms. The van der Waals surface area contributed by atoms with Gasteiger partial charge in [-0.05, 0) is 66.8 Å². The number of nitrogens with zero attached hydrogens (tertiary/aromatic N) is 3. The molecule has 0 radical (unpaired) electrons. The van der Waals surface area contributed by atoms with Crippen LogP contribution in [0, 0.1) is 17.8 Å². The maximum absolute atomic E-state index is 5.63. The van der Waals surface area contributed by atoms with Crippen molar-refractivity contribution in [2.75, 3.05) is 18.9 Å². The molecule has 0 saturated heterocycles. The zero-order valence-corrected chi connectivity index (χ0v) is 18.6. The van der Waals surface area contributed by atoms with Crippen molar-refractivity contribution in [3.8, 4) is 23.3 Å². The number of benzene rings is 2. The molecule has 4 aromatic rings. The van der Waals surface area contributed by atoms with Crippen LogP contribution in [0.25, 0.3) is 11.0 Å². The van der Waals surface area contributed by atoms with Gasteiger partial charge in [0.1, 0.15) is 16.9 Å². The fourth-order valence-electron chi connectivity index (χ4n) is 3.34. The summed E-state index contributed by atoms with van der Waals surface area (Å²) in [6.45, 7) is 0.616. The Morgan fingerprint density at radius 1 is 1.19 bits per heavy atom. The second-order valence-electron chi connectivity index (χ2n) is 7.52. The standard InChI is InChI=1S/C24H22N4O3S/c1-29-19-12-17(7-6-16-4-5-16)8-9-22(19)32-27-24-23-20(30-2)13-18(14-21(23)31-26-24)15-28-11-3-10-25-28/h3,8-14,16H,4-5,15H2,1-2H3,(H,26,27). The minimum Gasteiger partial charge on any atom is -0.496 e. The molecule has 1 aliphatic carbocycles. The third kappa shape index (κ3) is 4.39. The molecular formula is C24H22N4O3S. The van der Waals surface area contributed by atoms with Crippen molar-refractivity contribution in [3.05, 3.63) is 59.9 Å². The number of aromatic nitrogens is 3. The third-order valence-electron chi connectivity index (χ3n) is 5.14. The maximum Gasteiger partial charge on any atom is 0.191 e. The first-order chi connectivity index (χ1) is 15.7. The van der Waals surface area contributed by atoms with E-state index in [-0.39, 0.29) is 0 Å². The zero-order valence-electron chi connectivity index (χ0n) is 17.8. The van der Waals surface area contributed by atoms with Gasteiger partial charge in [0.2, 0.25) is 0 Å². The summed E-state index contributed by atoms with van der Waals surface area (Å²) in [7, 11) is 3.30. The topological polar surface area (TPSA) is 74.3 Å². The molecule has 0 spiro atoms. The molecule has 0 amide bonds. The molecule has 5 rings (SSSR count). The summed E-state index contributed by atoms with van der Waals surface area (Å²) in [5, 5.41) is 9.26. The number of ether oxygens (including phenoxy) is 2. The van der Waals surface area contributed by atoms with Crippen LogP contribution >= 0.6 is 11.9 Å². The molecule has 0 atom stereocenters. The average molecular weight is 447 g/mol. The van der Waals surface area contributed by atoms with Gasteiger partial charge in [-0.1, -0.05) is 17.0 Å². The molecule has 1 aliphatic rings. The van der Waals surface area contributed by atoms with Gasteiger partial charge in [-0.3, -0.25) is 4.68 Å². The van der Waals surface area contributed by atoms with Crippen LogP contribution in [-0.2, 0) is 6.54 Å². The van der Waals surface area contributed by atoms with E-state index in [0.717, 1.165) is 27.2 Å². The Bertz CT molecular complexity index is 1300. The summed E-state index contributed by atoms with van der Waals surface area (Å²) >= 11 is 1.40. The molecule has 0 unspecified atom stereocenters. The normalized spacial score (nSPS) is 12.9. The maximum atomic E-state index is 5.63. The Morgan fingerprint density at radius 3 is 2.81 bits per heavy atom. The second-order valence-corrected chi connectivity index (χ2v) is 8.37. The lowest BCUT2D eigenvalue weighted by atomic mass is 10.1. The van der Waals surface area contributed by atoms with Crippen molar-refractivity contribution in [1.29, 1.82) is 0 Å². The molecule has 2 aromatic carbocycles. The summed E-state index contributed by atoms with van der Waals surface area (Å²) in [5.41, 5.74) is 2.61. The molecule has 0 aliphatic heterocycles. The Morgan fingerprint density at radius 2 is 2.06 bits per heavy atom. The number of nitrogens with one attached hydrogen (secondary N) is 1. The summed E-state index contributed by atoms with van der Waals surface area (Å²) in [6, 6.07) is 11.8. The third-order valence-corrected chi connectivity index (χ3v) is 5.99. The van der Waals surface area contributed by atoms with Crippen molar-refractivity contribution in [3.63, 3.8) is 0 Å². The van der Waals surface area contributed by atoms with Gasteiger partial charge < -0.3 is 18.7 Å². The fourth-order valence-corrected chi connectivity index (χ4v) is 4.06. The highest BCUT2D eigenvalue weighted by atomic mass is 32.2. The highest BCUT2D eigenvalue weighted by Crippen LogP contribution is 2.37. The highest BCUT2D eigenvalue weighted by molar-refractivity contribution is 8.00. The van der Waals surface area contributed by atoms with Crippen molar-refractivity contribution >= 4 is 28.7 Å². The summed E-state index contributed by atoms with van der Waals surface area (Å²) in [4.78, 5) is 0.926. The molecule has 1 N–H and O–H groups in total. The van der Waals surface area contributed by atoms with Crippen LogP contribution in [-0.4, -0.2) is 29.2 Å². The number of methoxy groups -OCH3 is 2. The van der Waals surface area contributed by atoms with Crippen LogP contribution in [0.15, 0.2) is 58.2 Å². The Labute approximate surface area is 190 Å². The largest absolute Gasteiger partial charge is 0.496 e. The van der Waals surface area contributed by atoms with E-state index in [1.807, 2.05) is 47.3 Å². The van der Waals surface area contributed by atoms with Crippen molar-refractivity contribution in [2.24, 2.45) is 5.92 Å². The molecule has 1 fully saturated rings. The summed E-state index contributed by atoms with van der Waals surface area (Å²) < 4.78 is 21.9. The molecule has 1 saturated carbocycles. The number of hydrogen-bond donors (Lipinski definition) is 1. The van der Waals surface area contributed by atoms with Gasteiger partial charge in [-0.2, -0.15) is 5.10 Å². The van der Waals surface area contributed by atoms with Gasteiger partial charge in [-0.15, -0.1) is 0 Å². The first-order valence-electron chi connectivity index (χ1n) is 10.3. The van der Waals surface area contributed by atoms with E-state index < -0.39 is 0 Å². The van der Waals surface area contributed by atoms with E-state index in [9.17, 15) is 0 Å². The van der Waals surface area contributed by atoms with E-state index in [2.05, 4.69) is 26.8 Å². The van der Waals surface area contributed by atoms with Crippen molar-refractivity contribution in [1.82, 2.24) is 14.9 Å². The quantitative estimate of drug-likeness (QED) is 0.317. The molecular weight excluding hydrogens is 424 g/mol. The number of anilines is 1. The van der Waals surface area contributed by atoms with Gasteiger partial charge >= 0.3 is 0 Å². The molecule has 0 bridgehead atoms. The predicted molar refractivity (Wildman–Crippen MR) is 124 cm³/mol. The summed E-state index contributed by atoms with van der Waals surface area (Å²) in [5.74, 6) is 9.10. The molecule has 7 nitrogen and oxygen atoms in total. The minimum absolute atomic E-state index is 0.562. The lowest BCUT2D eigenvalue weighted by molar-refractivity contribution is 0.404. The summed E-state index contributed by atoms with van der Waals surface area (Å²) in [6.07, 6.45) is 6.09. The van der Waals surface area contributed by atoms with Crippen LogP contribution in [0.2, 0.25) is 0 Å². The van der Waals surface area contributed by atoms with Gasteiger partial charge in [0.15, 0.2) is 11.4 Å². The Hall–Kier alpha value is -3.57. The number of rotatable bonds is 7. The van der Waals surface area contributed by atoms with E-state index in [1.165, 1.54) is 24.8 Å². The zero-order chi connectivity index (χ0) is 21.9. The Kier molecular flexibility index (Phi) is 5.65. The van der Waals surface area contributed by atoms with Crippen molar-refractivity contribution in [2.45, 2.75) is 24.3 Å². The SMILES string of the molecule is COc1cc(C#CC2CC2)ccc1SNc1noc2cc(Cn3cccn3)cc(OC)c12. The number of fused-ring (bicyclic) bond motifs is 1. The smallest absolute Gasteiger partial charge is 0.191 e.